The molecule has 29 heavy (non-hydrogen) atoms. The minimum atomic E-state index is -0.460. The van der Waals surface area contributed by atoms with E-state index in [1.165, 1.54) is 6.07 Å². The number of carbonyl (C=O) groups excluding carboxylic acids is 1. The standard InChI is InChI=1S/C22H23ClN2O4/c1-13-9-20-15(10-16(13)23)18(26)11-21(29-20)22(27)24-12-17(25(2)3)14-7-5-6-8-19(14)28-4/h5-11,17H,12H2,1-4H3,(H,24,27)/t17-/m0/s1. The number of para-hydroxylation sites is 1. The topological polar surface area (TPSA) is 71.8 Å². The lowest BCUT2D eigenvalue weighted by atomic mass is 10.0. The lowest BCUT2D eigenvalue weighted by Gasteiger charge is -2.26. The number of fused-ring (bicyclic) bond motifs is 1. The monoisotopic (exact) mass is 414 g/mol. The van der Waals surface area contributed by atoms with Gasteiger partial charge in [-0.25, -0.2) is 0 Å². The zero-order valence-corrected chi connectivity index (χ0v) is 17.5. The number of aryl methyl sites for hydroxylation is 1. The number of methoxy groups -OCH3 is 1. The van der Waals surface area contributed by atoms with Crippen LogP contribution >= 0.6 is 11.6 Å². The Morgan fingerprint density at radius 3 is 2.66 bits per heavy atom. The van der Waals surface area contributed by atoms with E-state index in [1.807, 2.05) is 50.2 Å². The Kier molecular flexibility index (Phi) is 6.25. The second-order valence-electron chi connectivity index (χ2n) is 7.00. The van der Waals surface area contributed by atoms with Gasteiger partial charge in [-0.2, -0.15) is 0 Å². The fraction of sp³-hybridized carbons (Fsp3) is 0.273. The summed E-state index contributed by atoms with van der Waals surface area (Å²) in [6, 6.07) is 11.9. The van der Waals surface area contributed by atoms with E-state index in [9.17, 15) is 9.59 Å². The fourth-order valence-corrected chi connectivity index (χ4v) is 3.34. The second-order valence-corrected chi connectivity index (χ2v) is 7.41. The molecule has 3 aromatic rings. The van der Waals surface area contributed by atoms with Crippen molar-refractivity contribution in [3.8, 4) is 5.75 Å². The summed E-state index contributed by atoms with van der Waals surface area (Å²) in [5.74, 6) is 0.241. The minimum absolute atomic E-state index is 0.0400. The number of nitrogens with zero attached hydrogens (tertiary/aromatic N) is 1. The van der Waals surface area contributed by atoms with Crippen LogP contribution in [0.5, 0.6) is 5.75 Å². The molecule has 0 spiro atoms. The van der Waals surface area contributed by atoms with Gasteiger partial charge in [-0.3, -0.25) is 9.59 Å². The molecule has 0 radical (unpaired) electrons. The number of nitrogens with one attached hydrogen (secondary N) is 1. The molecule has 0 saturated heterocycles. The van der Waals surface area contributed by atoms with Crippen LogP contribution in [0.4, 0.5) is 0 Å². The van der Waals surface area contributed by atoms with Gasteiger partial charge >= 0.3 is 0 Å². The molecule has 0 bridgehead atoms. The molecule has 1 aromatic heterocycles. The van der Waals surface area contributed by atoms with Crippen LogP contribution in [-0.4, -0.2) is 38.6 Å². The van der Waals surface area contributed by atoms with Crippen molar-refractivity contribution in [1.82, 2.24) is 10.2 Å². The predicted octanol–water partition coefficient (Wildman–Crippen LogP) is 3.80. The molecule has 1 atom stereocenters. The molecule has 2 aromatic carbocycles. The van der Waals surface area contributed by atoms with Crippen molar-refractivity contribution in [2.75, 3.05) is 27.7 Å². The van der Waals surface area contributed by atoms with E-state index in [0.29, 0.717) is 22.5 Å². The van der Waals surface area contributed by atoms with Crippen LogP contribution in [0.25, 0.3) is 11.0 Å². The van der Waals surface area contributed by atoms with Crippen molar-refractivity contribution >= 4 is 28.5 Å². The Morgan fingerprint density at radius 1 is 1.24 bits per heavy atom. The first-order valence-corrected chi connectivity index (χ1v) is 9.51. The molecule has 1 amide bonds. The Balaban J connectivity index is 1.85. The fourth-order valence-electron chi connectivity index (χ4n) is 3.18. The summed E-state index contributed by atoms with van der Waals surface area (Å²) < 4.78 is 11.1. The van der Waals surface area contributed by atoms with Crippen LogP contribution in [-0.2, 0) is 0 Å². The molecule has 0 aliphatic carbocycles. The molecule has 0 unspecified atom stereocenters. The van der Waals surface area contributed by atoms with Gasteiger partial charge in [0.05, 0.1) is 18.5 Å². The maximum atomic E-state index is 12.7. The van der Waals surface area contributed by atoms with Gasteiger partial charge in [-0.05, 0) is 44.8 Å². The van der Waals surface area contributed by atoms with Crippen LogP contribution in [0.1, 0.15) is 27.7 Å². The molecular weight excluding hydrogens is 392 g/mol. The molecule has 0 aliphatic heterocycles. The molecular formula is C22H23ClN2O4. The van der Waals surface area contributed by atoms with Crippen LogP contribution in [0, 0.1) is 6.92 Å². The third kappa shape index (κ3) is 4.44. The average Bonchev–Trinajstić information content (AvgIpc) is 2.69. The van der Waals surface area contributed by atoms with Gasteiger partial charge in [0.1, 0.15) is 11.3 Å². The van der Waals surface area contributed by atoms with Crippen LogP contribution in [0.15, 0.2) is 51.7 Å². The molecule has 0 fully saturated rings. The summed E-state index contributed by atoms with van der Waals surface area (Å²) >= 11 is 6.08. The summed E-state index contributed by atoms with van der Waals surface area (Å²) in [5, 5.41) is 3.68. The van der Waals surface area contributed by atoms with E-state index < -0.39 is 5.91 Å². The van der Waals surface area contributed by atoms with Gasteiger partial charge in [0.25, 0.3) is 5.91 Å². The van der Waals surface area contributed by atoms with E-state index >= 15 is 0 Å². The SMILES string of the molecule is COc1ccccc1[C@H](CNC(=O)c1cc(=O)c2cc(Cl)c(C)cc2o1)N(C)C. The minimum Gasteiger partial charge on any atom is -0.496 e. The average molecular weight is 415 g/mol. The normalized spacial score (nSPS) is 12.2. The molecule has 7 heteroatoms. The number of rotatable bonds is 6. The zero-order valence-electron chi connectivity index (χ0n) is 16.8. The predicted molar refractivity (Wildman–Crippen MR) is 114 cm³/mol. The molecule has 0 saturated carbocycles. The zero-order chi connectivity index (χ0) is 21.1. The highest BCUT2D eigenvalue weighted by Crippen LogP contribution is 2.27. The lowest BCUT2D eigenvalue weighted by molar-refractivity contribution is 0.0914. The van der Waals surface area contributed by atoms with E-state index in [2.05, 4.69) is 5.32 Å². The molecule has 0 aliphatic rings. The number of hydrogen-bond acceptors (Lipinski definition) is 5. The number of hydrogen-bond donors (Lipinski definition) is 1. The Bertz CT molecular complexity index is 1110. The van der Waals surface area contributed by atoms with Crippen molar-refractivity contribution in [1.29, 1.82) is 0 Å². The Morgan fingerprint density at radius 2 is 1.97 bits per heavy atom. The van der Waals surface area contributed by atoms with Crippen molar-refractivity contribution in [2.45, 2.75) is 13.0 Å². The van der Waals surface area contributed by atoms with Gasteiger partial charge in [0.15, 0.2) is 11.2 Å². The first-order chi connectivity index (χ1) is 13.8. The quantitative estimate of drug-likeness (QED) is 0.664. The summed E-state index contributed by atoms with van der Waals surface area (Å²) in [6.45, 7) is 2.12. The first kappa shape index (κ1) is 20.9. The largest absolute Gasteiger partial charge is 0.496 e. The van der Waals surface area contributed by atoms with Crippen LogP contribution < -0.4 is 15.5 Å². The highest BCUT2D eigenvalue weighted by molar-refractivity contribution is 6.32. The van der Waals surface area contributed by atoms with Crippen molar-refractivity contribution in [2.24, 2.45) is 0 Å². The molecule has 3 rings (SSSR count). The van der Waals surface area contributed by atoms with E-state index in [4.69, 9.17) is 20.8 Å². The highest BCUT2D eigenvalue weighted by Gasteiger charge is 2.20. The van der Waals surface area contributed by atoms with Crippen LogP contribution in [0.2, 0.25) is 5.02 Å². The lowest BCUT2D eigenvalue weighted by Crippen LogP contribution is -2.35. The van der Waals surface area contributed by atoms with E-state index in [0.717, 1.165) is 16.9 Å². The maximum absolute atomic E-state index is 12.7. The van der Waals surface area contributed by atoms with Gasteiger partial charge in [-0.1, -0.05) is 29.8 Å². The van der Waals surface area contributed by atoms with Gasteiger partial charge in [0, 0.05) is 23.2 Å². The summed E-state index contributed by atoms with van der Waals surface area (Å²) in [4.78, 5) is 27.1. The second kappa shape index (κ2) is 8.68. The van der Waals surface area contributed by atoms with Crippen molar-refractivity contribution in [3.63, 3.8) is 0 Å². The summed E-state index contributed by atoms with van der Waals surface area (Å²) in [7, 11) is 5.46. The molecule has 1 heterocycles. The Hall–Kier alpha value is -2.83. The number of carbonyl (C=O) groups is 1. The number of halogens is 1. The number of amides is 1. The highest BCUT2D eigenvalue weighted by atomic mass is 35.5. The Labute approximate surface area is 174 Å². The first-order valence-electron chi connectivity index (χ1n) is 9.13. The maximum Gasteiger partial charge on any atom is 0.287 e. The number of benzene rings is 2. The summed E-state index contributed by atoms with van der Waals surface area (Å²) in [6.07, 6.45) is 0. The summed E-state index contributed by atoms with van der Waals surface area (Å²) in [5.41, 5.74) is 1.74. The third-order valence-corrected chi connectivity index (χ3v) is 5.22. The van der Waals surface area contributed by atoms with E-state index in [1.54, 1.807) is 19.2 Å². The van der Waals surface area contributed by atoms with Crippen LogP contribution in [0.3, 0.4) is 0 Å². The number of likely N-dealkylation sites (N-methyl/N-ethyl adjacent to an activating group) is 1. The van der Waals surface area contributed by atoms with E-state index in [-0.39, 0.29) is 17.2 Å². The number of ether oxygens (including phenoxy) is 1. The van der Waals surface area contributed by atoms with Gasteiger partial charge < -0.3 is 19.4 Å². The molecule has 152 valence electrons. The molecule has 1 N–H and O–H groups in total. The van der Waals surface area contributed by atoms with Crippen molar-refractivity contribution < 1.29 is 13.9 Å². The third-order valence-electron chi connectivity index (χ3n) is 4.81. The van der Waals surface area contributed by atoms with Gasteiger partial charge in [0.2, 0.25) is 0 Å². The van der Waals surface area contributed by atoms with Gasteiger partial charge in [-0.15, -0.1) is 0 Å². The molecule has 6 nitrogen and oxygen atoms in total. The smallest absolute Gasteiger partial charge is 0.287 e. The van der Waals surface area contributed by atoms with Crippen molar-refractivity contribution in [3.05, 3.63) is 74.6 Å².